The van der Waals surface area contributed by atoms with Crippen LogP contribution in [0.25, 0.3) is 0 Å². The van der Waals surface area contributed by atoms with Crippen LogP contribution in [-0.2, 0) is 4.79 Å². The Hall–Kier alpha value is -2.48. The van der Waals surface area contributed by atoms with Crippen molar-refractivity contribution in [3.8, 4) is 12.1 Å². The largest absolute Gasteiger partial charge is 0.373 e. The minimum absolute atomic E-state index is 0.0287. The van der Waals surface area contributed by atoms with Crippen LogP contribution >= 0.6 is 12.2 Å². The van der Waals surface area contributed by atoms with Gasteiger partial charge in [-0.3, -0.25) is 4.79 Å². The van der Waals surface area contributed by atoms with Crippen molar-refractivity contribution in [3.63, 3.8) is 0 Å². The van der Waals surface area contributed by atoms with Gasteiger partial charge in [0.2, 0.25) is 5.91 Å². The molecule has 0 radical (unpaired) electrons. The summed E-state index contributed by atoms with van der Waals surface area (Å²) in [6.07, 6.45) is -1.25. The van der Waals surface area contributed by atoms with E-state index in [2.05, 4.69) is 10.6 Å². The van der Waals surface area contributed by atoms with Crippen LogP contribution in [0.1, 0.15) is 11.5 Å². The average Bonchev–Trinajstić information content (AvgIpc) is 2.46. The highest BCUT2D eigenvalue weighted by molar-refractivity contribution is 7.80. The molecule has 0 saturated carbocycles. The highest BCUT2D eigenvalue weighted by atomic mass is 32.1. The van der Waals surface area contributed by atoms with E-state index in [1.165, 1.54) is 0 Å². The van der Waals surface area contributed by atoms with Crippen LogP contribution in [0.4, 0.5) is 0 Å². The molecule has 1 heterocycles. The Morgan fingerprint density at radius 1 is 1.24 bits per heavy atom. The molecule has 21 heavy (non-hydrogen) atoms. The summed E-state index contributed by atoms with van der Waals surface area (Å²) in [5.74, 6) is -3.31. The maximum Gasteiger partial charge on any atom is 0.234 e. The van der Waals surface area contributed by atoms with Gasteiger partial charge < -0.3 is 15.7 Å². The Morgan fingerprint density at radius 3 is 2.38 bits per heavy atom. The lowest BCUT2D eigenvalue weighted by molar-refractivity contribution is -0.130. The van der Waals surface area contributed by atoms with Crippen LogP contribution in [0.5, 0.6) is 0 Å². The molecule has 0 spiro atoms. The number of rotatable bonds is 3. The van der Waals surface area contributed by atoms with Crippen molar-refractivity contribution in [2.24, 2.45) is 11.8 Å². The molecular weight excluding hydrogens is 288 g/mol. The van der Waals surface area contributed by atoms with E-state index in [9.17, 15) is 20.4 Å². The van der Waals surface area contributed by atoms with Crippen LogP contribution in [0.3, 0.4) is 0 Å². The summed E-state index contributed by atoms with van der Waals surface area (Å²) >= 11 is 4.81. The van der Waals surface area contributed by atoms with E-state index in [0.29, 0.717) is 5.56 Å². The zero-order valence-electron chi connectivity index (χ0n) is 10.9. The molecular formula is C14H12N4O2S. The molecule has 7 heteroatoms. The number of nitriles is 2. The fourth-order valence-corrected chi connectivity index (χ4v) is 2.65. The Kier molecular flexibility index (Phi) is 4.49. The van der Waals surface area contributed by atoms with Crippen molar-refractivity contribution >= 4 is 23.2 Å². The van der Waals surface area contributed by atoms with E-state index < -0.39 is 29.9 Å². The fraction of sp³-hybridized carbons (Fsp3) is 0.286. The van der Waals surface area contributed by atoms with Crippen LogP contribution in [0.15, 0.2) is 30.3 Å². The highest BCUT2D eigenvalue weighted by Crippen LogP contribution is 2.34. The van der Waals surface area contributed by atoms with Gasteiger partial charge in [0.05, 0.1) is 18.1 Å². The molecule has 3 atom stereocenters. The van der Waals surface area contributed by atoms with Gasteiger partial charge in [-0.1, -0.05) is 30.3 Å². The van der Waals surface area contributed by atoms with E-state index in [1.54, 1.807) is 30.3 Å². The van der Waals surface area contributed by atoms with E-state index in [-0.39, 0.29) is 5.11 Å². The van der Waals surface area contributed by atoms with Crippen molar-refractivity contribution < 1.29 is 9.90 Å². The van der Waals surface area contributed by atoms with Gasteiger partial charge in [0.25, 0.3) is 0 Å². The molecule has 0 bridgehead atoms. The Bertz CT molecular complexity index is 621. The molecule has 1 aromatic rings. The van der Waals surface area contributed by atoms with Crippen molar-refractivity contribution in [3.05, 3.63) is 35.9 Å². The fourth-order valence-electron chi connectivity index (χ4n) is 2.43. The Labute approximate surface area is 127 Å². The van der Waals surface area contributed by atoms with E-state index in [0.717, 1.165) is 0 Å². The second kappa shape index (κ2) is 6.31. The van der Waals surface area contributed by atoms with Crippen molar-refractivity contribution in [1.82, 2.24) is 10.6 Å². The molecule has 0 aromatic heterocycles. The second-order valence-corrected chi connectivity index (χ2v) is 5.01. The van der Waals surface area contributed by atoms with E-state index >= 15 is 0 Å². The number of hydrogen-bond donors (Lipinski definition) is 3. The topological polar surface area (TPSA) is 109 Å². The summed E-state index contributed by atoms with van der Waals surface area (Å²) in [6, 6.07) is 12.5. The maximum absolute atomic E-state index is 12.1. The molecule has 1 saturated heterocycles. The van der Waals surface area contributed by atoms with Gasteiger partial charge in [0.1, 0.15) is 12.1 Å². The molecule has 1 amide bonds. The molecule has 6 nitrogen and oxygen atoms in total. The van der Waals surface area contributed by atoms with Crippen LogP contribution in [-0.4, -0.2) is 22.4 Å². The Morgan fingerprint density at radius 2 is 1.86 bits per heavy atom. The molecule has 2 rings (SSSR count). The summed E-state index contributed by atoms with van der Waals surface area (Å²) < 4.78 is 0. The molecule has 0 aliphatic carbocycles. The number of nitrogens with zero attached hydrogens (tertiary/aromatic N) is 2. The summed E-state index contributed by atoms with van der Waals surface area (Å²) in [4.78, 5) is 12.1. The minimum atomic E-state index is -1.25. The summed E-state index contributed by atoms with van der Waals surface area (Å²) in [5.41, 5.74) is 0.638. The SMILES string of the molecule is N#CC(C#N)C(c1ccccc1)C1C(=O)NC(=S)NC1O. The quantitative estimate of drug-likeness (QED) is 0.696. The average molecular weight is 300 g/mol. The van der Waals surface area contributed by atoms with E-state index in [4.69, 9.17) is 12.2 Å². The zero-order valence-corrected chi connectivity index (χ0v) is 11.7. The van der Waals surface area contributed by atoms with Gasteiger partial charge in [-0.15, -0.1) is 0 Å². The molecule has 3 N–H and O–H groups in total. The predicted octanol–water partition coefficient (Wildman–Crippen LogP) is 0.372. The molecule has 1 aliphatic rings. The highest BCUT2D eigenvalue weighted by Gasteiger charge is 2.43. The van der Waals surface area contributed by atoms with Crippen LogP contribution in [0.2, 0.25) is 0 Å². The van der Waals surface area contributed by atoms with Gasteiger partial charge in [0.15, 0.2) is 5.11 Å². The molecule has 1 aromatic carbocycles. The number of aliphatic hydroxyl groups is 1. The molecule has 3 unspecified atom stereocenters. The third-order valence-electron chi connectivity index (χ3n) is 3.37. The molecule has 1 aliphatic heterocycles. The third kappa shape index (κ3) is 3.00. The standard InChI is InChI=1S/C14H12N4O2S/c15-6-9(7-16)10(8-4-2-1-3-5-8)11-12(19)17-14(21)18-13(11)20/h1-5,9-12,19H,(H2,17,18,20,21). The van der Waals surface area contributed by atoms with Gasteiger partial charge in [-0.25, -0.2) is 0 Å². The smallest absolute Gasteiger partial charge is 0.234 e. The normalized spacial score (nSPS) is 22.7. The number of benzene rings is 1. The van der Waals surface area contributed by atoms with Crippen LogP contribution in [0, 0.1) is 34.5 Å². The first kappa shape index (κ1) is 14.9. The lowest BCUT2D eigenvalue weighted by Gasteiger charge is -2.35. The molecule has 106 valence electrons. The van der Waals surface area contributed by atoms with Crippen molar-refractivity contribution in [1.29, 1.82) is 10.5 Å². The summed E-state index contributed by atoms with van der Waals surface area (Å²) in [5, 5.41) is 33.5. The monoisotopic (exact) mass is 300 g/mol. The van der Waals surface area contributed by atoms with Gasteiger partial charge in [-0.05, 0) is 17.8 Å². The van der Waals surface area contributed by atoms with Crippen LogP contribution < -0.4 is 10.6 Å². The number of amides is 1. The van der Waals surface area contributed by atoms with Crippen molar-refractivity contribution in [2.75, 3.05) is 0 Å². The first-order chi connectivity index (χ1) is 10.1. The van der Waals surface area contributed by atoms with E-state index in [1.807, 2.05) is 12.1 Å². The summed E-state index contributed by atoms with van der Waals surface area (Å²) in [7, 11) is 0. The number of hydrogen-bond acceptors (Lipinski definition) is 5. The number of aliphatic hydroxyl groups excluding tert-OH is 1. The molecule has 1 fully saturated rings. The lowest BCUT2D eigenvalue weighted by Crippen LogP contribution is -2.60. The number of carbonyl (C=O) groups excluding carboxylic acids is 1. The first-order valence-corrected chi connectivity index (χ1v) is 6.63. The second-order valence-electron chi connectivity index (χ2n) is 4.61. The van der Waals surface area contributed by atoms with Gasteiger partial charge in [-0.2, -0.15) is 10.5 Å². The lowest BCUT2D eigenvalue weighted by atomic mass is 9.76. The van der Waals surface area contributed by atoms with Gasteiger partial charge >= 0.3 is 0 Å². The number of carbonyl (C=O) groups is 1. The number of thiocarbonyl (C=S) groups is 1. The predicted molar refractivity (Wildman–Crippen MR) is 77.3 cm³/mol. The third-order valence-corrected chi connectivity index (χ3v) is 3.59. The zero-order chi connectivity index (χ0) is 15.4. The summed E-state index contributed by atoms with van der Waals surface area (Å²) in [6.45, 7) is 0. The van der Waals surface area contributed by atoms with Gasteiger partial charge in [0, 0.05) is 5.92 Å². The minimum Gasteiger partial charge on any atom is -0.373 e. The first-order valence-electron chi connectivity index (χ1n) is 6.22. The number of nitrogens with one attached hydrogen (secondary N) is 2. The Balaban J connectivity index is 2.45. The van der Waals surface area contributed by atoms with Crippen molar-refractivity contribution in [2.45, 2.75) is 12.1 Å². The maximum atomic E-state index is 12.1.